The average Bonchev–Trinajstić information content (AvgIpc) is 2.25. The van der Waals surface area contributed by atoms with Gasteiger partial charge >= 0.3 is 6.18 Å². The molecular weight excluding hydrogens is 223 g/mol. The number of benzene rings is 1. The largest absolute Gasteiger partial charge is 0.478 e. The van der Waals surface area contributed by atoms with E-state index in [9.17, 15) is 18.0 Å². The lowest BCUT2D eigenvalue weighted by molar-refractivity contribution is -0.138. The number of rotatable bonds is 3. The minimum atomic E-state index is -4.62. The van der Waals surface area contributed by atoms with E-state index in [4.69, 9.17) is 5.26 Å². The van der Waals surface area contributed by atoms with Gasteiger partial charge in [0.1, 0.15) is 18.1 Å². The zero-order chi connectivity index (χ0) is 12.2. The van der Waals surface area contributed by atoms with Crippen molar-refractivity contribution >= 4 is 6.29 Å². The summed E-state index contributed by atoms with van der Waals surface area (Å²) in [7, 11) is 0. The Labute approximate surface area is 89.1 Å². The van der Waals surface area contributed by atoms with Crippen LogP contribution >= 0.6 is 0 Å². The number of ether oxygens (including phenoxy) is 1. The number of aldehydes is 1. The molecule has 3 nitrogen and oxygen atoms in total. The summed E-state index contributed by atoms with van der Waals surface area (Å²) >= 11 is 0. The molecule has 6 heteroatoms. The summed E-state index contributed by atoms with van der Waals surface area (Å²) in [5.41, 5.74) is -1.16. The van der Waals surface area contributed by atoms with Crippen molar-refractivity contribution in [1.82, 2.24) is 0 Å². The molecule has 0 aliphatic heterocycles. The van der Waals surface area contributed by atoms with Crippen LogP contribution in [-0.4, -0.2) is 12.9 Å². The van der Waals surface area contributed by atoms with Crippen molar-refractivity contribution in [2.24, 2.45) is 0 Å². The Kier molecular flexibility index (Phi) is 3.51. The normalized spacial score (nSPS) is 10.6. The third kappa shape index (κ3) is 2.73. The van der Waals surface area contributed by atoms with Crippen molar-refractivity contribution in [3.8, 4) is 11.8 Å². The van der Waals surface area contributed by atoms with Crippen molar-refractivity contribution in [3.05, 3.63) is 29.3 Å². The minimum absolute atomic E-state index is 0.100. The average molecular weight is 229 g/mol. The van der Waals surface area contributed by atoms with Crippen LogP contribution in [0, 0.1) is 11.3 Å². The zero-order valence-electron chi connectivity index (χ0n) is 7.91. The molecule has 0 heterocycles. The van der Waals surface area contributed by atoms with Crippen LogP contribution < -0.4 is 4.74 Å². The van der Waals surface area contributed by atoms with E-state index >= 15 is 0 Å². The summed E-state index contributed by atoms with van der Waals surface area (Å²) < 4.78 is 42.2. The number of hydrogen-bond acceptors (Lipinski definition) is 3. The van der Waals surface area contributed by atoms with E-state index in [0.29, 0.717) is 12.4 Å². The highest BCUT2D eigenvalue weighted by Crippen LogP contribution is 2.36. The van der Waals surface area contributed by atoms with Gasteiger partial charge in [0, 0.05) is 5.56 Å². The van der Waals surface area contributed by atoms with Gasteiger partial charge in [-0.05, 0) is 18.2 Å². The molecule has 0 fully saturated rings. The lowest BCUT2D eigenvalue weighted by Gasteiger charge is -2.12. The first-order valence-electron chi connectivity index (χ1n) is 4.15. The number of nitrogens with zero attached hydrogens (tertiary/aromatic N) is 1. The molecule has 0 radical (unpaired) electrons. The van der Waals surface area contributed by atoms with Crippen LogP contribution in [0.15, 0.2) is 18.2 Å². The van der Waals surface area contributed by atoms with E-state index in [1.54, 1.807) is 6.07 Å². The number of carbonyl (C=O) groups is 1. The van der Waals surface area contributed by atoms with Crippen molar-refractivity contribution in [3.63, 3.8) is 0 Å². The predicted octanol–water partition coefficient (Wildman–Crippen LogP) is 2.42. The molecule has 0 spiro atoms. The summed E-state index contributed by atoms with van der Waals surface area (Å²) in [4.78, 5) is 10.4. The fraction of sp³-hybridized carbons (Fsp3) is 0.200. The first-order chi connectivity index (χ1) is 7.49. The quantitative estimate of drug-likeness (QED) is 0.748. The van der Waals surface area contributed by atoms with Crippen LogP contribution in [0.4, 0.5) is 13.2 Å². The highest BCUT2D eigenvalue weighted by Gasteiger charge is 2.34. The van der Waals surface area contributed by atoms with Gasteiger partial charge in [0.15, 0.2) is 6.61 Å². The summed E-state index contributed by atoms with van der Waals surface area (Å²) in [5.74, 6) is -0.459. The SMILES string of the molecule is N#CCOc1ccc(C=O)cc1C(F)(F)F. The molecule has 1 aromatic rings. The second-order valence-corrected chi connectivity index (χ2v) is 2.82. The second-order valence-electron chi connectivity index (χ2n) is 2.82. The molecule has 0 amide bonds. The standard InChI is InChI=1S/C10H6F3NO2/c11-10(12,13)8-5-7(6-15)1-2-9(8)16-4-3-14/h1-2,5-6H,4H2. The molecule has 0 N–H and O–H groups in total. The Hall–Kier alpha value is -2.03. The molecule has 0 bridgehead atoms. The number of hydrogen-bond donors (Lipinski definition) is 0. The Morgan fingerprint density at radius 1 is 1.44 bits per heavy atom. The van der Waals surface area contributed by atoms with Gasteiger partial charge in [0.25, 0.3) is 0 Å². The Morgan fingerprint density at radius 3 is 2.62 bits per heavy atom. The molecule has 0 aromatic heterocycles. The fourth-order valence-corrected chi connectivity index (χ4v) is 1.08. The van der Waals surface area contributed by atoms with Gasteiger partial charge in [-0.25, -0.2) is 0 Å². The van der Waals surface area contributed by atoms with Crippen molar-refractivity contribution in [2.75, 3.05) is 6.61 Å². The van der Waals surface area contributed by atoms with E-state index in [1.807, 2.05) is 0 Å². The smallest absolute Gasteiger partial charge is 0.419 e. The fourth-order valence-electron chi connectivity index (χ4n) is 1.08. The Morgan fingerprint density at radius 2 is 2.12 bits per heavy atom. The number of halogens is 3. The maximum atomic E-state index is 12.5. The Bertz CT molecular complexity index is 435. The number of alkyl halides is 3. The Balaban J connectivity index is 3.17. The van der Waals surface area contributed by atoms with Gasteiger partial charge in [-0.1, -0.05) is 0 Å². The third-order valence-corrected chi connectivity index (χ3v) is 1.74. The maximum absolute atomic E-state index is 12.5. The van der Waals surface area contributed by atoms with Gasteiger partial charge in [-0.3, -0.25) is 4.79 Å². The lowest BCUT2D eigenvalue weighted by atomic mass is 10.1. The van der Waals surface area contributed by atoms with E-state index in [-0.39, 0.29) is 5.56 Å². The van der Waals surface area contributed by atoms with Crippen LogP contribution in [0.3, 0.4) is 0 Å². The lowest BCUT2D eigenvalue weighted by Crippen LogP contribution is -2.09. The van der Waals surface area contributed by atoms with Gasteiger partial charge in [-0.15, -0.1) is 0 Å². The number of carbonyl (C=O) groups excluding carboxylic acids is 1. The minimum Gasteiger partial charge on any atom is -0.478 e. The van der Waals surface area contributed by atoms with Gasteiger partial charge in [0.2, 0.25) is 0 Å². The van der Waals surface area contributed by atoms with E-state index in [2.05, 4.69) is 4.74 Å². The molecule has 0 unspecified atom stereocenters. The summed E-state index contributed by atoms with van der Waals surface area (Å²) in [6.07, 6.45) is -4.31. The van der Waals surface area contributed by atoms with Crippen LogP contribution in [0.5, 0.6) is 5.75 Å². The summed E-state index contributed by atoms with van der Waals surface area (Å²) in [6, 6.07) is 4.45. The van der Waals surface area contributed by atoms with Crippen LogP contribution in [0.2, 0.25) is 0 Å². The highest BCUT2D eigenvalue weighted by molar-refractivity contribution is 5.75. The first-order valence-corrected chi connectivity index (χ1v) is 4.15. The highest BCUT2D eigenvalue weighted by atomic mass is 19.4. The van der Waals surface area contributed by atoms with Crippen molar-refractivity contribution < 1.29 is 22.7 Å². The molecule has 84 valence electrons. The van der Waals surface area contributed by atoms with Gasteiger partial charge in [-0.2, -0.15) is 18.4 Å². The molecule has 0 saturated carbocycles. The topological polar surface area (TPSA) is 50.1 Å². The van der Waals surface area contributed by atoms with Crippen LogP contribution in [-0.2, 0) is 6.18 Å². The van der Waals surface area contributed by atoms with Crippen molar-refractivity contribution in [2.45, 2.75) is 6.18 Å². The predicted molar refractivity (Wildman–Crippen MR) is 47.9 cm³/mol. The zero-order valence-corrected chi connectivity index (χ0v) is 7.91. The first kappa shape index (κ1) is 12.0. The molecule has 0 aliphatic carbocycles. The molecular formula is C10H6F3NO2. The molecule has 0 atom stereocenters. The molecule has 1 aromatic carbocycles. The monoisotopic (exact) mass is 229 g/mol. The second kappa shape index (κ2) is 4.66. The van der Waals surface area contributed by atoms with E-state index in [0.717, 1.165) is 6.07 Å². The van der Waals surface area contributed by atoms with Crippen LogP contribution in [0.1, 0.15) is 15.9 Å². The molecule has 16 heavy (non-hydrogen) atoms. The number of nitriles is 1. The van der Waals surface area contributed by atoms with Crippen molar-refractivity contribution in [1.29, 1.82) is 5.26 Å². The van der Waals surface area contributed by atoms with Crippen LogP contribution in [0.25, 0.3) is 0 Å². The molecule has 1 rings (SSSR count). The van der Waals surface area contributed by atoms with Gasteiger partial charge < -0.3 is 4.74 Å². The maximum Gasteiger partial charge on any atom is 0.419 e. The van der Waals surface area contributed by atoms with E-state index in [1.165, 1.54) is 6.07 Å². The molecule has 0 aliphatic rings. The summed E-state index contributed by atoms with van der Waals surface area (Å²) in [5, 5.41) is 8.21. The summed E-state index contributed by atoms with van der Waals surface area (Å²) in [6.45, 7) is -0.483. The third-order valence-electron chi connectivity index (χ3n) is 1.74. The van der Waals surface area contributed by atoms with E-state index < -0.39 is 24.1 Å². The van der Waals surface area contributed by atoms with Gasteiger partial charge in [0.05, 0.1) is 5.56 Å². The molecule has 0 saturated heterocycles.